The van der Waals surface area contributed by atoms with E-state index in [0.29, 0.717) is 16.8 Å². The Labute approximate surface area is 168 Å². The molecule has 29 heavy (non-hydrogen) atoms. The second-order valence-electron chi connectivity index (χ2n) is 6.91. The molecule has 0 saturated carbocycles. The number of carbonyl (C=O) groups is 2. The monoisotopic (exact) mass is 385 g/mol. The van der Waals surface area contributed by atoms with Gasteiger partial charge in [-0.1, -0.05) is 60.7 Å². The number of aliphatic hydroxyl groups is 1. The summed E-state index contributed by atoms with van der Waals surface area (Å²) in [5.41, 5.74) is 2.52. The Bertz CT molecular complexity index is 1120. The van der Waals surface area contributed by atoms with E-state index in [2.05, 4.69) is 0 Å². The maximum atomic E-state index is 13.0. The van der Waals surface area contributed by atoms with Crippen molar-refractivity contribution in [2.24, 2.45) is 0 Å². The van der Waals surface area contributed by atoms with Gasteiger partial charge in [0.1, 0.15) is 11.5 Å². The van der Waals surface area contributed by atoms with Gasteiger partial charge < -0.3 is 10.2 Å². The van der Waals surface area contributed by atoms with Crippen molar-refractivity contribution in [2.75, 3.05) is 4.90 Å². The van der Waals surface area contributed by atoms with Crippen molar-refractivity contribution >= 4 is 23.1 Å². The molecular weight excluding hydrogens is 366 g/mol. The Balaban J connectivity index is 1.97. The van der Waals surface area contributed by atoms with Gasteiger partial charge in [-0.3, -0.25) is 14.5 Å². The minimum absolute atomic E-state index is 0.0233. The highest BCUT2D eigenvalue weighted by Gasteiger charge is 2.47. The fourth-order valence-corrected chi connectivity index (χ4v) is 3.64. The van der Waals surface area contributed by atoms with E-state index < -0.39 is 17.7 Å². The van der Waals surface area contributed by atoms with E-state index in [9.17, 15) is 19.8 Å². The van der Waals surface area contributed by atoms with Crippen LogP contribution in [-0.4, -0.2) is 21.9 Å². The van der Waals surface area contributed by atoms with Crippen molar-refractivity contribution < 1.29 is 19.8 Å². The standard InChI is InChI=1S/C24H19NO4/c1-15-7-5-6-10-19(15)25-21(16-11-13-18(26)14-12-16)20(23(28)24(25)29)22(27)17-8-3-2-4-9-17/h2-14,21,26-27H,1H3/b22-20+. The first-order valence-corrected chi connectivity index (χ1v) is 9.20. The second-order valence-corrected chi connectivity index (χ2v) is 6.91. The highest BCUT2D eigenvalue weighted by molar-refractivity contribution is 6.51. The van der Waals surface area contributed by atoms with E-state index in [1.807, 2.05) is 19.1 Å². The number of aryl methyl sites for hydroxylation is 1. The van der Waals surface area contributed by atoms with Crippen LogP contribution in [0.15, 0.2) is 84.4 Å². The van der Waals surface area contributed by atoms with E-state index in [4.69, 9.17) is 0 Å². The van der Waals surface area contributed by atoms with Crippen molar-refractivity contribution in [3.05, 3.63) is 101 Å². The number of nitrogens with zero attached hydrogens (tertiary/aromatic N) is 1. The molecule has 1 saturated heterocycles. The topological polar surface area (TPSA) is 77.8 Å². The number of anilines is 1. The molecule has 1 aliphatic rings. The summed E-state index contributed by atoms with van der Waals surface area (Å²) in [6, 6.07) is 21.4. The number of hydrogen-bond donors (Lipinski definition) is 2. The Hall–Kier alpha value is -3.86. The molecule has 1 amide bonds. The zero-order valence-corrected chi connectivity index (χ0v) is 15.7. The van der Waals surface area contributed by atoms with Gasteiger partial charge in [0.25, 0.3) is 11.7 Å². The molecule has 1 heterocycles. The van der Waals surface area contributed by atoms with Crippen LogP contribution in [0.3, 0.4) is 0 Å². The normalized spacial score (nSPS) is 18.2. The number of para-hydroxylation sites is 1. The number of phenolic OH excluding ortho intramolecular Hbond substituents is 1. The quantitative estimate of drug-likeness (QED) is 0.400. The van der Waals surface area contributed by atoms with Crippen LogP contribution >= 0.6 is 0 Å². The lowest BCUT2D eigenvalue weighted by atomic mass is 9.95. The minimum Gasteiger partial charge on any atom is -0.508 e. The summed E-state index contributed by atoms with van der Waals surface area (Å²) >= 11 is 0. The lowest BCUT2D eigenvalue weighted by Gasteiger charge is -2.26. The summed E-state index contributed by atoms with van der Waals surface area (Å²) in [6.45, 7) is 1.86. The van der Waals surface area contributed by atoms with Crippen LogP contribution < -0.4 is 4.90 Å². The Morgan fingerprint density at radius 2 is 1.48 bits per heavy atom. The van der Waals surface area contributed by atoms with E-state index in [1.54, 1.807) is 54.6 Å². The zero-order valence-electron chi connectivity index (χ0n) is 15.7. The van der Waals surface area contributed by atoms with Crippen molar-refractivity contribution in [1.29, 1.82) is 0 Å². The maximum Gasteiger partial charge on any atom is 0.300 e. The number of carbonyl (C=O) groups excluding carboxylic acids is 2. The van der Waals surface area contributed by atoms with Crippen LogP contribution in [0.1, 0.15) is 22.7 Å². The van der Waals surface area contributed by atoms with Gasteiger partial charge in [-0.15, -0.1) is 0 Å². The molecule has 4 rings (SSSR count). The first-order chi connectivity index (χ1) is 14.0. The Kier molecular flexibility index (Phi) is 4.64. The Morgan fingerprint density at radius 1 is 0.862 bits per heavy atom. The average Bonchev–Trinajstić information content (AvgIpc) is 3.00. The van der Waals surface area contributed by atoms with Crippen LogP contribution in [0.5, 0.6) is 5.75 Å². The van der Waals surface area contributed by atoms with Crippen LogP contribution in [0.2, 0.25) is 0 Å². The van der Waals surface area contributed by atoms with E-state index >= 15 is 0 Å². The molecule has 0 radical (unpaired) electrons. The van der Waals surface area contributed by atoms with Crippen molar-refractivity contribution in [2.45, 2.75) is 13.0 Å². The molecule has 1 unspecified atom stereocenters. The van der Waals surface area contributed by atoms with Gasteiger partial charge in [-0.25, -0.2) is 0 Å². The highest BCUT2D eigenvalue weighted by Crippen LogP contribution is 2.43. The van der Waals surface area contributed by atoms with Crippen molar-refractivity contribution in [3.8, 4) is 5.75 Å². The number of ketones is 1. The molecule has 0 spiro atoms. The molecule has 5 nitrogen and oxygen atoms in total. The van der Waals surface area contributed by atoms with E-state index in [-0.39, 0.29) is 17.1 Å². The lowest BCUT2D eigenvalue weighted by Crippen LogP contribution is -2.30. The molecule has 1 fully saturated rings. The number of rotatable bonds is 3. The van der Waals surface area contributed by atoms with Gasteiger partial charge in [0.2, 0.25) is 0 Å². The summed E-state index contributed by atoms with van der Waals surface area (Å²) in [5.74, 6) is -1.59. The molecule has 0 aromatic heterocycles. The van der Waals surface area contributed by atoms with Gasteiger partial charge in [0.15, 0.2) is 0 Å². The van der Waals surface area contributed by atoms with E-state index in [1.165, 1.54) is 17.0 Å². The smallest absolute Gasteiger partial charge is 0.300 e. The fourth-order valence-electron chi connectivity index (χ4n) is 3.64. The van der Waals surface area contributed by atoms with Crippen LogP contribution in [0.25, 0.3) is 5.76 Å². The van der Waals surface area contributed by atoms with E-state index in [0.717, 1.165) is 5.56 Å². The third-order valence-corrected chi connectivity index (χ3v) is 5.08. The first-order valence-electron chi connectivity index (χ1n) is 9.20. The number of phenols is 1. The lowest BCUT2D eigenvalue weighted by molar-refractivity contribution is -0.132. The van der Waals surface area contributed by atoms with Crippen LogP contribution in [-0.2, 0) is 9.59 Å². The molecule has 144 valence electrons. The van der Waals surface area contributed by atoms with Gasteiger partial charge in [0, 0.05) is 11.3 Å². The van der Waals surface area contributed by atoms with Crippen LogP contribution in [0, 0.1) is 6.92 Å². The second kappa shape index (κ2) is 7.28. The third-order valence-electron chi connectivity index (χ3n) is 5.08. The van der Waals surface area contributed by atoms with Crippen molar-refractivity contribution in [3.63, 3.8) is 0 Å². The third kappa shape index (κ3) is 3.17. The van der Waals surface area contributed by atoms with Gasteiger partial charge in [-0.2, -0.15) is 0 Å². The summed E-state index contributed by atoms with van der Waals surface area (Å²) in [4.78, 5) is 27.5. The number of benzene rings is 3. The number of hydrogen-bond acceptors (Lipinski definition) is 4. The molecule has 5 heteroatoms. The molecular formula is C24H19NO4. The predicted molar refractivity (Wildman–Crippen MR) is 111 cm³/mol. The number of amides is 1. The highest BCUT2D eigenvalue weighted by atomic mass is 16.3. The SMILES string of the molecule is Cc1ccccc1N1C(=O)C(=O)/C(=C(/O)c2ccccc2)C1c1ccc(O)cc1. The molecule has 1 atom stereocenters. The minimum atomic E-state index is -0.808. The number of Topliss-reactive ketones (excluding diaryl/α,β-unsaturated/α-hetero) is 1. The molecule has 2 N–H and O–H groups in total. The van der Waals surface area contributed by atoms with Gasteiger partial charge in [0.05, 0.1) is 11.6 Å². The molecule has 0 bridgehead atoms. The summed E-state index contributed by atoms with van der Waals surface area (Å²) < 4.78 is 0. The summed E-state index contributed by atoms with van der Waals surface area (Å²) in [7, 11) is 0. The fraction of sp³-hybridized carbons (Fsp3) is 0.0833. The largest absolute Gasteiger partial charge is 0.508 e. The van der Waals surface area contributed by atoms with Gasteiger partial charge in [-0.05, 0) is 36.2 Å². The summed E-state index contributed by atoms with van der Waals surface area (Å²) in [5, 5.41) is 20.6. The maximum absolute atomic E-state index is 13.0. The molecule has 0 aliphatic carbocycles. The molecule has 1 aliphatic heterocycles. The number of aromatic hydroxyl groups is 1. The van der Waals surface area contributed by atoms with Crippen molar-refractivity contribution in [1.82, 2.24) is 0 Å². The Morgan fingerprint density at radius 3 is 2.14 bits per heavy atom. The zero-order chi connectivity index (χ0) is 20.5. The predicted octanol–water partition coefficient (Wildman–Crippen LogP) is 4.33. The molecule has 3 aromatic rings. The number of aliphatic hydroxyl groups excluding tert-OH is 1. The average molecular weight is 385 g/mol. The molecule has 3 aromatic carbocycles. The summed E-state index contributed by atoms with van der Waals surface area (Å²) in [6.07, 6.45) is 0. The first kappa shape index (κ1) is 18.5. The van der Waals surface area contributed by atoms with Crippen LogP contribution in [0.4, 0.5) is 5.69 Å². The van der Waals surface area contributed by atoms with Gasteiger partial charge >= 0.3 is 0 Å².